The average Bonchev–Trinajstić information content (AvgIpc) is 2.31. The summed E-state index contributed by atoms with van der Waals surface area (Å²) in [6.45, 7) is 2.75. The van der Waals surface area contributed by atoms with E-state index in [9.17, 15) is 9.90 Å². The van der Waals surface area contributed by atoms with Crippen LogP contribution in [0.5, 0.6) is 0 Å². The molecule has 4 heteroatoms. The maximum Gasteiger partial charge on any atom is 0.328 e. The Morgan fingerprint density at radius 1 is 1.44 bits per heavy atom. The van der Waals surface area contributed by atoms with Gasteiger partial charge in [-0.1, -0.05) is 37.3 Å². The normalized spacial score (nSPS) is 14.4. The van der Waals surface area contributed by atoms with Crippen molar-refractivity contribution in [1.29, 1.82) is 0 Å². The van der Waals surface area contributed by atoms with Gasteiger partial charge in [-0.3, -0.25) is 5.32 Å². The van der Waals surface area contributed by atoms with Crippen molar-refractivity contribution in [3.63, 3.8) is 0 Å². The zero-order valence-electron chi connectivity index (χ0n) is 9.44. The highest BCUT2D eigenvalue weighted by Gasteiger charge is 2.37. The van der Waals surface area contributed by atoms with E-state index in [2.05, 4.69) is 5.32 Å². The van der Waals surface area contributed by atoms with E-state index >= 15 is 0 Å². The second-order valence-electron chi connectivity index (χ2n) is 3.65. The van der Waals surface area contributed by atoms with E-state index in [1.165, 1.54) is 0 Å². The SMILES string of the molecule is CCC(NCCN)(C(=O)O)c1ccccc1. The molecule has 0 aromatic heterocycles. The van der Waals surface area contributed by atoms with Gasteiger partial charge in [0.15, 0.2) is 0 Å². The lowest BCUT2D eigenvalue weighted by Gasteiger charge is -2.30. The zero-order chi connectivity index (χ0) is 12.0. The summed E-state index contributed by atoms with van der Waals surface area (Å²) in [6.07, 6.45) is 0.479. The van der Waals surface area contributed by atoms with Gasteiger partial charge in [0, 0.05) is 13.1 Å². The van der Waals surface area contributed by atoms with Gasteiger partial charge in [-0.15, -0.1) is 0 Å². The predicted octanol–water partition coefficient (Wildman–Crippen LogP) is 0.925. The van der Waals surface area contributed by atoms with Crippen LogP contribution in [0.1, 0.15) is 18.9 Å². The average molecular weight is 222 g/mol. The summed E-state index contributed by atoms with van der Waals surface area (Å²) in [6, 6.07) is 9.19. The Morgan fingerprint density at radius 3 is 2.50 bits per heavy atom. The number of hydrogen-bond acceptors (Lipinski definition) is 3. The lowest BCUT2D eigenvalue weighted by molar-refractivity contribution is -0.145. The molecule has 0 saturated heterocycles. The van der Waals surface area contributed by atoms with Crippen LogP contribution in [0.15, 0.2) is 30.3 Å². The highest BCUT2D eigenvalue weighted by atomic mass is 16.4. The highest BCUT2D eigenvalue weighted by Crippen LogP contribution is 2.25. The summed E-state index contributed by atoms with van der Waals surface area (Å²) < 4.78 is 0. The predicted molar refractivity (Wildman–Crippen MR) is 63.1 cm³/mol. The molecule has 1 aromatic rings. The van der Waals surface area contributed by atoms with E-state index in [0.717, 1.165) is 5.56 Å². The fourth-order valence-electron chi connectivity index (χ4n) is 1.79. The highest BCUT2D eigenvalue weighted by molar-refractivity contribution is 5.80. The molecule has 0 amide bonds. The monoisotopic (exact) mass is 222 g/mol. The van der Waals surface area contributed by atoms with Gasteiger partial charge in [-0.05, 0) is 12.0 Å². The Bertz CT molecular complexity index is 340. The lowest BCUT2D eigenvalue weighted by Crippen LogP contribution is -2.50. The van der Waals surface area contributed by atoms with Crippen LogP contribution in [0, 0.1) is 0 Å². The summed E-state index contributed by atoms with van der Waals surface area (Å²) >= 11 is 0. The van der Waals surface area contributed by atoms with E-state index in [0.29, 0.717) is 19.5 Å². The molecule has 1 rings (SSSR count). The van der Waals surface area contributed by atoms with E-state index in [1.807, 2.05) is 37.3 Å². The number of rotatable bonds is 6. The molecule has 1 unspecified atom stereocenters. The third kappa shape index (κ3) is 2.40. The molecule has 0 radical (unpaired) electrons. The van der Waals surface area contributed by atoms with Crippen LogP contribution < -0.4 is 11.1 Å². The van der Waals surface area contributed by atoms with E-state index in [-0.39, 0.29) is 0 Å². The molecule has 1 atom stereocenters. The lowest BCUT2D eigenvalue weighted by atomic mass is 9.87. The standard InChI is InChI=1S/C12H18N2O2/c1-2-12(11(15)16,14-9-8-13)10-6-4-3-5-7-10/h3-7,14H,2,8-9,13H2,1H3,(H,15,16). The van der Waals surface area contributed by atoms with E-state index in [4.69, 9.17) is 5.73 Å². The molecule has 4 nitrogen and oxygen atoms in total. The Hall–Kier alpha value is -1.39. The zero-order valence-corrected chi connectivity index (χ0v) is 9.44. The fraction of sp³-hybridized carbons (Fsp3) is 0.417. The molecule has 16 heavy (non-hydrogen) atoms. The molecule has 0 aliphatic carbocycles. The quantitative estimate of drug-likeness (QED) is 0.669. The second-order valence-corrected chi connectivity index (χ2v) is 3.65. The van der Waals surface area contributed by atoms with Crippen LogP contribution in [0.2, 0.25) is 0 Å². The number of carboxylic acid groups (broad SMARTS) is 1. The summed E-state index contributed by atoms with van der Waals surface area (Å²) in [7, 11) is 0. The molecule has 4 N–H and O–H groups in total. The molecule has 0 spiro atoms. The summed E-state index contributed by atoms with van der Waals surface area (Å²) in [5, 5.41) is 12.4. The van der Waals surface area contributed by atoms with E-state index < -0.39 is 11.5 Å². The Kier molecular flexibility index (Phi) is 4.46. The van der Waals surface area contributed by atoms with Crippen molar-refractivity contribution >= 4 is 5.97 Å². The van der Waals surface area contributed by atoms with Gasteiger partial charge in [0.05, 0.1) is 0 Å². The molecule has 0 aliphatic rings. The minimum Gasteiger partial charge on any atom is -0.480 e. The molecule has 0 saturated carbocycles. The number of nitrogens with one attached hydrogen (secondary N) is 1. The second kappa shape index (κ2) is 5.63. The number of benzene rings is 1. The maximum absolute atomic E-state index is 11.5. The van der Waals surface area contributed by atoms with Crippen LogP contribution in [0.3, 0.4) is 0 Å². The van der Waals surface area contributed by atoms with Crippen LogP contribution in [-0.2, 0) is 10.3 Å². The van der Waals surface area contributed by atoms with Crippen molar-refractivity contribution in [2.45, 2.75) is 18.9 Å². The van der Waals surface area contributed by atoms with E-state index in [1.54, 1.807) is 0 Å². The van der Waals surface area contributed by atoms with Crippen molar-refractivity contribution in [2.75, 3.05) is 13.1 Å². The Balaban J connectivity index is 3.07. The number of nitrogens with two attached hydrogens (primary N) is 1. The molecular weight excluding hydrogens is 204 g/mol. The molecule has 0 heterocycles. The minimum atomic E-state index is -1.03. The number of aliphatic carboxylic acids is 1. The first kappa shape index (κ1) is 12.7. The van der Waals surface area contributed by atoms with Crippen LogP contribution in [-0.4, -0.2) is 24.2 Å². The van der Waals surface area contributed by atoms with Gasteiger partial charge < -0.3 is 10.8 Å². The third-order valence-electron chi connectivity index (χ3n) is 2.73. The van der Waals surface area contributed by atoms with Gasteiger partial charge >= 0.3 is 5.97 Å². The van der Waals surface area contributed by atoms with Crippen molar-refractivity contribution < 1.29 is 9.90 Å². The topological polar surface area (TPSA) is 75.3 Å². The molecule has 0 fully saturated rings. The number of hydrogen-bond donors (Lipinski definition) is 3. The molecule has 0 aliphatic heterocycles. The smallest absolute Gasteiger partial charge is 0.328 e. The van der Waals surface area contributed by atoms with Crippen molar-refractivity contribution in [3.05, 3.63) is 35.9 Å². The number of carboxylic acids is 1. The third-order valence-corrected chi connectivity index (χ3v) is 2.73. The van der Waals surface area contributed by atoms with Gasteiger partial charge in [0.1, 0.15) is 5.54 Å². The molecule has 88 valence electrons. The fourth-order valence-corrected chi connectivity index (χ4v) is 1.79. The van der Waals surface area contributed by atoms with Crippen molar-refractivity contribution in [2.24, 2.45) is 5.73 Å². The first-order valence-electron chi connectivity index (χ1n) is 5.41. The van der Waals surface area contributed by atoms with Crippen molar-refractivity contribution in [1.82, 2.24) is 5.32 Å². The minimum absolute atomic E-state index is 0.419. The molecule has 1 aromatic carbocycles. The van der Waals surface area contributed by atoms with Crippen LogP contribution in [0.4, 0.5) is 0 Å². The van der Waals surface area contributed by atoms with Gasteiger partial charge in [0.25, 0.3) is 0 Å². The van der Waals surface area contributed by atoms with Crippen LogP contribution >= 0.6 is 0 Å². The molecular formula is C12H18N2O2. The summed E-state index contributed by atoms with van der Waals surface area (Å²) in [5.41, 5.74) is 5.15. The Labute approximate surface area is 95.5 Å². The maximum atomic E-state index is 11.5. The number of carbonyl (C=O) groups is 1. The largest absolute Gasteiger partial charge is 0.480 e. The summed E-state index contributed by atoms with van der Waals surface area (Å²) in [4.78, 5) is 11.5. The first-order chi connectivity index (χ1) is 7.67. The Morgan fingerprint density at radius 2 is 2.06 bits per heavy atom. The first-order valence-corrected chi connectivity index (χ1v) is 5.41. The summed E-state index contributed by atoms with van der Waals surface area (Å²) in [5.74, 6) is -0.866. The van der Waals surface area contributed by atoms with Crippen LogP contribution in [0.25, 0.3) is 0 Å². The van der Waals surface area contributed by atoms with Gasteiger partial charge in [-0.2, -0.15) is 0 Å². The van der Waals surface area contributed by atoms with Gasteiger partial charge in [0.2, 0.25) is 0 Å². The van der Waals surface area contributed by atoms with Gasteiger partial charge in [-0.25, -0.2) is 4.79 Å². The van der Waals surface area contributed by atoms with Crippen molar-refractivity contribution in [3.8, 4) is 0 Å². The molecule has 0 bridgehead atoms.